The van der Waals surface area contributed by atoms with E-state index in [9.17, 15) is 9.59 Å². The first-order valence-electron chi connectivity index (χ1n) is 9.85. The van der Waals surface area contributed by atoms with Crippen LogP contribution in [0.15, 0.2) is 59.3 Å². The number of carboxylic acids is 1. The largest absolute Gasteiger partial charge is 0.477 e. The highest BCUT2D eigenvalue weighted by Gasteiger charge is 2.19. The van der Waals surface area contributed by atoms with E-state index in [0.717, 1.165) is 22.5 Å². The molecule has 4 aromatic rings. The van der Waals surface area contributed by atoms with Gasteiger partial charge in [0.1, 0.15) is 21.3 Å². The first-order valence-corrected chi connectivity index (χ1v) is 11.0. The molecule has 8 nitrogen and oxygen atoms in total. The lowest BCUT2D eigenvalue weighted by atomic mass is 10.1. The normalized spacial score (nSPS) is 10.7. The maximum absolute atomic E-state index is 12.3. The molecule has 10 heteroatoms. The van der Waals surface area contributed by atoms with Crippen molar-refractivity contribution in [2.24, 2.45) is 0 Å². The third kappa shape index (κ3) is 5.21. The van der Waals surface area contributed by atoms with Crippen LogP contribution in [-0.2, 0) is 11.2 Å². The summed E-state index contributed by atoms with van der Waals surface area (Å²) in [7, 11) is 0. The molecule has 0 spiro atoms. The van der Waals surface area contributed by atoms with Crippen LogP contribution in [-0.4, -0.2) is 33.9 Å². The topological polar surface area (TPSA) is 115 Å². The van der Waals surface area contributed by atoms with E-state index in [0.29, 0.717) is 39.2 Å². The minimum Gasteiger partial charge on any atom is -0.477 e. The van der Waals surface area contributed by atoms with Gasteiger partial charge in [0.15, 0.2) is 5.76 Å². The molecule has 0 aliphatic rings. The van der Waals surface area contributed by atoms with Crippen molar-refractivity contribution in [3.63, 3.8) is 0 Å². The standard InChI is InChI=1S/C23H18ClN3O5S/c1-13-19(26-23(30)31-11-10-14-4-2-3-5-17(14)24)20(32-27-13)15-6-8-16(9-7-15)21-25-12-18(33-21)22(28)29/h2-9,12H,10-11H2,1H3,(H,26,30)(H,28,29). The Bertz CT molecular complexity index is 1300. The molecule has 1 amide bonds. The fourth-order valence-electron chi connectivity index (χ4n) is 3.08. The molecule has 2 heterocycles. The minimum atomic E-state index is -1.01. The Balaban J connectivity index is 1.43. The van der Waals surface area contributed by atoms with Gasteiger partial charge < -0.3 is 14.4 Å². The number of rotatable bonds is 7. The van der Waals surface area contributed by atoms with Crippen molar-refractivity contribution in [3.8, 4) is 21.9 Å². The molecule has 2 aromatic heterocycles. The molecule has 0 aliphatic carbocycles. The van der Waals surface area contributed by atoms with Crippen LogP contribution >= 0.6 is 22.9 Å². The number of thiazole rings is 1. The Morgan fingerprint density at radius 1 is 1.15 bits per heavy atom. The Labute approximate surface area is 197 Å². The number of carboxylic acid groups (broad SMARTS) is 1. The second-order valence-corrected chi connectivity index (χ2v) is 8.42. The van der Waals surface area contributed by atoms with Crippen LogP contribution in [0, 0.1) is 6.92 Å². The lowest BCUT2D eigenvalue weighted by Crippen LogP contribution is -2.16. The quantitative estimate of drug-likeness (QED) is 0.335. The Kier molecular flexibility index (Phi) is 6.71. The third-order valence-corrected chi connectivity index (χ3v) is 6.17. The van der Waals surface area contributed by atoms with E-state index in [1.54, 1.807) is 37.3 Å². The molecule has 33 heavy (non-hydrogen) atoms. The van der Waals surface area contributed by atoms with Crippen molar-refractivity contribution in [1.29, 1.82) is 0 Å². The summed E-state index contributed by atoms with van der Waals surface area (Å²) in [6.07, 6.45) is 1.19. The first-order chi connectivity index (χ1) is 15.9. The number of aromatic carboxylic acids is 1. The van der Waals surface area contributed by atoms with Gasteiger partial charge in [-0.15, -0.1) is 11.3 Å². The summed E-state index contributed by atoms with van der Waals surface area (Å²) < 4.78 is 10.7. The number of hydrogen-bond donors (Lipinski definition) is 2. The zero-order chi connectivity index (χ0) is 23.4. The number of aromatic nitrogens is 2. The molecule has 0 radical (unpaired) electrons. The number of nitrogens with one attached hydrogen (secondary N) is 1. The maximum atomic E-state index is 12.3. The van der Waals surface area contributed by atoms with Crippen LogP contribution in [0.4, 0.5) is 10.5 Å². The van der Waals surface area contributed by atoms with Gasteiger partial charge in [0, 0.05) is 22.6 Å². The average molecular weight is 484 g/mol. The molecular formula is C23H18ClN3O5S. The summed E-state index contributed by atoms with van der Waals surface area (Å²) >= 11 is 7.21. The predicted octanol–water partition coefficient (Wildman–Crippen LogP) is 5.92. The Morgan fingerprint density at radius 2 is 1.88 bits per heavy atom. The average Bonchev–Trinajstić information content (AvgIpc) is 3.43. The van der Waals surface area contributed by atoms with E-state index in [-0.39, 0.29) is 11.5 Å². The molecule has 0 saturated heterocycles. The summed E-state index contributed by atoms with van der Waals surface area (Å²) in [5, 5.41) is 16.9. The number of nitrogens with zero attached hydrogens (tertiary/aromatic N) is 2. The van der Waals surface area contributed by atoms with Crippen LogP contribution in [0.25, 0.3) is 21.9 Å². The van der Waals surface area contributed by atoms with Gasteiger partial charge in [0.25, 0.3) is 0 Å². The highest BCUT2D eigenvalue weighted by molar-refractivity contribution is 7.16. The molecule has 0 unspecified atom stereocenters. The highest BCUT2D eigenvalue weighted by Crippen LogP contribution is 2.33. The van der Waals surface area contributed by atoms with E-state index >= 15 is 0 Å². The molecule has 0 saturated carbocycles. The number of aryl methyl sites for hydroxylation is 1. The number of anilines is 1. The minimum absolute atomic E-state index is 0.163. The first kappa shape index (κ1) is 22.5. The number of halogens is 1. The lowest BCUT2D eigenvalue weighted by molar-refractivity contribution is 0.0702. The van der Waals surface area contributed by atoms with Crippen molar-refractivity contribution in [2.75, 3.05) is 11.9 Å². The fraction of sp³-hybridized carbons (Fsp3) is 0.130. The summed E-state index contributed by atoms with van der Waals surface area (Å²) in [4.78, 5) is 27.7. The van der Waals surface area contributed by atoms with Gasteiger partial charge in [-0.05, 0) is 18.6 Å². The molecular weight excluding hydrogens is 466 g/mol. The molecule has 0 atom stereocenters. The van der Waals surface area contributed by atoms with Gasteiger partial charge in [0.05, 0.1) is 12.8 Å². The summed E-state index contributed by atoms with van der Waals surface area (Å²) in [5.41, 5.74) is 3.25. The highest BCUT2D eigenvalue weighted by atomic mass is 35.5. The van der Waals surface area contributed by atoms with E-state index in [2.05, 4.69) is 15.5 Å². The summed E-state index contributed by atoms with van der Waals surface area (Å²) in [6, 6.07) is 14.5. The number of benzene rings is 2. The van der Waals surface area contributed by atoms with Crippen molar-refractivity contribution in [2.45, 2.75) is 13.3 Å². The number of hydrogen-bond acceptors (Lipinski definition) is 7. The predicted molar refractivity (Wildman–Crippen MR) is 125 cm³/mol. The molecule has 168 valence electrons. The second-order valence-electron chi connectivity index (χ2n) is 6.99. The van der Waals surface area contributed by atoms with Gasteiger partial charge in [-0.25, -0.2) is 14.6 Å². The number of carbonyl (C=O) groups excluding carboxylic acids is 1. The molecule has 4 rings (SSSR count). The molecule has 0 aliphatic heterocycles. The van der Waals surface area contributed by atoms with Gasteiger partial charge in [-0.1, -0.05) is 59.2 Å². The Hall–Kier alpha value is -3.69. The van der Waals surface area contributed by atoms with E-state index < -0.39 is 12.1 Å². The van der Waals surface area contributed by atoms with Gasteiger partial charge in [0.2, 0.25) is 0 Å². The smallest absolute Gasteiger partial charge is 0.411 e. The van der Waals surface area contributed by atoms with Crippen LogP contribution in [0.3, 0.4) is 0 Å². The summed E-state index contributed by atoms with van der Waals surface area (Å²) in [6.45, 7) is 1.87. The zero-order valence-corrected chi connectivity index (χ0v) is 18.9. The number of amides is 1. The van der Waals surface area contributed by atoms with E-state index in [4.69, 9.17) is 26.0 Å². The molecule has 0 bridgehead atoms. The summed E-state index contributed by atoms with van der Waals surface area (Å²) in [5.74, 6) is -0.630. The van der Waals surface area contributed by atoms with E-state index in [1.807, 2.05) is 18.2 Å². The van der Waals surface area contributed by atoms with Gasteiger partial charge in [-0.2, -0.15) is 0 Å². The van der Waals surface area contributed by atoms with Crippen molar-refractivity contribution in [1.82, 2.24) is 10.1 Å². The monoisotopic (exact) mass is 483 g/mol. The fourth-order valence-corrected chi connectivity index (χ4v) is 4.07. The van der Waals surface area contributed by atoms with Crippen molar-refractivity contribution in [3.05, 3.63) is 75.9 Å². The number of ether oxygens (including phenoxy) is 1. The Morgan fingerprint density at radius 3 is 2.58 bits per heavy atom. The van der Waals surface area contributed by atoms with Crippen LogP contribution in [0.1, 0.15) is 20.9 Å². The third-order valence-electron chi connectivity index (χ3n) is 4.76. The zero-order valence-electron chi connectivity index (χ0n) is 17.4. The molecule has 2 N–H and O–H groups in total. The van der Waals surface area contributed by atoms with Crippen molar-refractivity contribution >= 4 is 40.7 Å². The second kappa shape index (κ2) is 9.85. The van der Waals surface area contributed by atoms with Crippen LogP contribution in [0.2, 0.25) is 5.02 Å². The van der Waals surface area contributed by atoms with E-state index in [1.165, 1.54) is 6.20 Å². The van der Waals surface area contributed by atoms with Crippen LogP contribution in [0.5, 0.6) is 0 Å². The SMILES string of the molecule is Cc1noc(-c2ccc(-c3ncc(C(=O)O)s3)cc2)c1NC(=O)OCCc1ccccc1Cl. The van der Waals surface area contributed by atoms with Crippen molar-refractivity contribution < 1.29 is 24.0 Å². The lowest BCUT2D eigenvalue weighted by Gasteiger charge is -2.08. The number of carbonyl (C=O) groups is 2. The maximum Gasteiger partial charge on any atom is 0.411 e. The van der Waals surface area contributed by atoms with Gasteiger partial charge >= 0.3 is 12.1 Å². The van der Waals surface area contributed by atoms with Gasteiger partial charge in [-0.3, -0.25) is 5.32 Å². The molecule has 2 aromatic carbocycles. The molecule has 0 fully saturated rings. The van der Waals surface area contributed by atoms with Crippen LogP contribution < -0.4 is 5.32 Å².